The number of piperidine rings is 1. The zero-order chi connectivity index (χ0) is 17.1. The molecule has 0 aromatic carbocycles. The van der Waals surface area contributed by atoms with Gasteiger partial charge in [0.15, 0.2) is 0 Å². The molecule has 0 N–H and O–H groups in total. The number of aromatic nitrogens is 2. The van der Waals surface area contributed by atoms with Crippen LogP contribution in [0.25, 0.3) is 0 Å². The van der Waals surface area contributed by atoms with Gasteiger partial charge in [-0.15, -0.1) is 0 Å². The summed E-state index contributed by atoms with van der Waals surface area (Å²) in [5.41, 5.74) is 2.22. The fourth-order valence-electron chi connectivity index (χ4n) is 4.51. The van der Waals surface area contributed by atoms with Crippen molar-refractivity contribution in [3.05, 3.63) is 29.6 Å². The number of likely N-dealkylation sites (tertiary alicyclic amines) is 1. The van der Waals surface area contributed by atoms with Gasteiger partial charge in [-0.3, -0.25) is 9.48 Å². The maximum atomic E-state index is 13.0. The quantitative estimate of drug-likeness (QED) is 0.844. The number of carbonyl (C=O) groups is 1. The van der Waals surface area contributed by atoms with E-state index in [9.17, 15) is 4.79 Å². The van der Waals surface area contributed by atoms with Crippen LogP contribution >= 0.6 is 0 Å². The number of nitrogens with zero attached hydrogens (tertiary/aromatic N) is 4. The van der Waals surface area contributed by atoms with E-state index in [1.807, 2.05) is 6.20 Å². The summed E-state index contributed by atoms with van der Waals surface area (Å²) in [5.74, 6) is 0.259. The highest BCUT2D eigenvalue weighted by Gasteiger charge is 2.30. The minimum Gasteiger partial charge on any atom is -0.331 e. The second-order valence-electron chi connectivity index (χ2n) is 7.77. The Labute approximate surface area is 150 Å². The first kappa shape index (κ1) is 16.8. The summed E-state index contributed by atoms with van der Waals surface area (Å²) < 4.78 is 2.17. The van der Waals surface area contributed by atoms with E-state index in [2.05, 4.69) is 31.7 Å². The maximum Gasteiger partial charge on any atom is 0.249 e. The molecule has 0 saturated carbocycles. The van der Waals surface area contributed by atoms with Crippen molar-refractivity contribution in [2.45, 2.75) is 64.0 Å². The number of hydrogen-bond acceptors (Lipinski definition) is 3. The molecule has 0 spiro atoms. The van der Waals surface area contributed by atoms with E-state index in [1.54, 1.807) is 0 Å². The van der Waals surface area contributed by atoms with Gasteiger partial charge in [0.1, 0.15) is 0 Å². The summed E-state index contributed by atoms with van der Waals surface area (Å²) in [7, 11) is 0. The van der Waals surface area contributed by atoms with Gasteiger partial charge in [-0.2, -0.15) is 5.10 Å². The van der Waals surface area contributed by atoms with Gasteiger partial charge in [-0.25, -0.2) is 0 Å². The molecule has 5 nitrogen and oxygen atoms in total. The standard InChI is InChI=1S/C20H30N4O/c25-20(17-7-3-1-4-8-17)23-15-18-9-11-21-24(18)19(16-23)10-14-22-12-5-2-6-13-22/h7,9,11,19H,1-6,8,10,12-16H2. The Kier molecular flexibility index (Phi) is 5.20. The van der Waals surface area contributed by atoms with E-state index >= 15 is 0 Å². The molecular weight excluding hydrogens is 312 g/mol. The van der Waals surface area contributed by atoms with Crippen molar-refractivity contribution in [2.75, 3.05) is 26.2 Å². The lowest BCUT2D eigenvalue weighted by Crippen LogP contribution is -2.43. The summed E-state index contributed by atoms with van der Waals surface area (Å²) in [6, 6.07) is 2.39. The van der Waals surface area contributed by atoms with Crippen LogP contribution in [0.4, 0.5) is 0 Å². The molecule has 1 amide bonds. The number of amides is 1. The van der Waals surface area contributed by atoms with E-state index < -0.39 is 0 Å². The van der Waals surface area contributed by atoms with Crippen LogP contribution in [0.3, 0.4) is 0 Å². The Morgan fingerprint density at radius 3 is 2.84 bits per heavy atom. The fraction of sp³-hybridized carbons (Fsp3) is 0.700. The Balaban J connectivity index is 1.43. The summed E-state index contributed by atoms with van der Waals surface area (Å²) in [4.78, 5) is 17.6. The third-order valence-electron chi connectivity index (χ3n) is 5.96. The van der Waals surface area contributed by atoms with Crippen molar-refractivity contribution < 1.29 is 4.79 Å². The molecule has 1 saturated heterocycles. The first-order valence-corrected chi connectivity index (χ1v) is 10.0. The van der Waals surface area contributed by atoms with Gasteiger partial charge in [-0.05, 0) is 64.1 Å². The molecule has 1 unspecified atom stereocenters. The number of carbonyl (C=O) groups excluding carboxylic acids is 1. The Bertz CT molecular complexity index is 629. The average Bonchev–Trinajstić information content (AvgIpc) is 3.16. The van der Waals surface area contributed by atoms with Crippen molar-refractivity contribution >= 4 is 5.91 Å². The van der Waals surface area contributed by atoms with Gasteiger partial charge < -0.3 is 9.80 Å². The molecule has 1 aromatic heterocycles. The minimum atomic E-state index is 0.259. The number of fused-ring (bicyclic) bond motifs is 1. The molecule has 2 aliphatic heterocycles. The van der Waals surface area contributed by atoms with Gasteiger partial charge in [-0.1, -0.05) is 12.5 Å². The summed E-state index contributed by atoms with van der Waals surface area (Å²) in [5, 5.41) is 4.55. The Morgan fingerprint density at radius 2 is 2.04 bits per heavy atom. The van der Waals surface area contributed by atoms with Gasteiger partial charge in [0.25, 0.3) is 0 Å². The zero-order valence-electron chi connectivity index (χ0n) is 15.2. The van der Waals surface area contributed by atoms with Crippen molar-refractivity contribution in [3.8, 4) is 0 Å². The average molecular weight is 342 g/mol. The molecule has 3 heterocycles. The predicted octanol–water partition coefficient (Wildman–Crippen LogP) is 3.14. The first-order chi connectivity index (χ1) is 12.3. The largest absolute Gasteiger partial charge is 0.331 e. The van der Waals surface area contributed by atoms with Crippen molar-refractivity contribution in [1.82, 2.24) is 19.6 Å². The SMILES string of the molecule is O=C(C1=CCCCC1)N1Cc2ccnn2C(CCN2CCCCC2)C1. The fourth-order valence-corrected chi connectivity index (χ4v) is 4.51. The van der Waals surface area contributed by atoms with Crippen molar-refractivity contribution in [2.24, 2.45) is 0 Å². The molecule has 1 atom stereocenters. The second-order valence-corrected chi connectivity index (χ2v) is 7.77. The van der Waals surface area contributed by atoms with E-state index in [-0.39, 0.29) is 5.91 Å². The van der Waals surface area contributed by atoms with Crippen LogP contribution in [0.2, 0.25) is 0 Å². The van der Waals surface area contributed by atoms with Crippen LogP contribution < -0.4 is 0 Å². The molecule has 1 aromatic rings. The Hall–Kier alpha value is -1.62. The van der Waals surface area contributed by atoms with Gasteiger partial charge in [0.2, 0.25) is 5.91 Å². The molecule has 4 rings (SSSR count). The highest BCUT2D eigenvalue weighted by Crippen LogP contribution is 2.27. The second kappa shape index (κ2) is 7.73. The van der Waals surface area contributed by atoms with Crippen molar-refractivity contribution in [3.63, 3.8) is 0 Å². The molecule has 1 fully saturated rings. The highest BCUT2D eigenvalue weighted by molar-refractivity contribution is 5.93. The molecule has 0 bridgehead atoms. The molecule has 25 heavy (non-hydrogen) atoms. The summed E-state index contributed by atoms with van der Waals surface area (Å²) in [6.07, 6.45) is 13.6. The normalized spacial score (nSPS) is 24.7. The third kappa shape index (κ3) is 3.81. The van der Waals surface area contributed by atoms with Gasteiger partial charge in [0, 0.05) is 24.9 Å². The van der Waals surface area contributed by atoms with Crippen LogP contribution in [0.5, 0.6) is 0 Å². The molecule has 5 heteroatoms. The van der Waals surface area contributed by atoms with Crippen LogP contribution in [0, 0.1) is 0 Å². The highest BCUT2D eigenvalue weighted by atomic mass is 16.2. The number of allylic oxidation sites excluding steroid dienone is 1. The lowest BCUT2D eigenvalue weighted by Gasteiger charge is -2.36. The lowest BCUT2D eigenvalue weighted by atomic mass is 9.98. The van der Waals surface area contributed by atoms with Crippen LogP contribution in [-0.4, -0.2) is 51.7 Å². The van der Waals surface area contributed by atoms with E-state index in [4.69, 9.17) is 0 Å². The van der Waals surface area contributed by atoms with Crippen LogP contribution in [0.1, 0.15) is 63.1 Å². The summed E-state index contributed by atoms with van der Waals surface area (Å²) >= 11 is 0. The van der Waals surface area contributed by atoms with E-state index in [1.165, 1.54) is 44.5 Å². The topological polar surface area (TPSA) is 41.4 Å². The molecule has 1 aliphatic carbocycles. The van der Waals surface area contributed by atoms with Crippen LogP contribution in [-0.2, 0) is 11.3 Å². The molecule has 3 aliphatic rings. The molecule has 136 valence electrons. The van der Waals surface area contributed by atoms with Gasteiger partial charge in [0.05, 0.1) is 18.3 Å². The number of hydrogen-bond donors (Lipinski definition) is 0. The molecular formula is C20H30N4O. The first-order valence-electron chi connectivity index (χ1n) is 10.0. The van der Waals surface area contributed by atoms with E-state index in [0.717, 1.165) is 44.3 Å². The van der Waals surface area contributed by atoms with Crippen LogP contribution in [0.15, 0.2) is 23.9 Å². The van der Waals surface area contributed by atoms with Gasteiger partial charge >= 0.3 is 0 Å². The van der Waals surface area contributed by atoms with E-state index in [0.29, 0.717) is 12.6 Å². The smallest absolute Gasteiger partial charge is 0.249 e. The van der Waals surface area contributed by atoms with Crippen molar-refractivity contribution in [1.29, 1.82) is 0 Å². The zero-order valence-corrected chi connectivity index (χ0v) is 15.2. The minimum absolute atomic E-state index is 0.259. The third-order valence-corrected chi connectivity index (χ3v) is 5.96. The lowest BCUT2D eigenvalue weighted by molar-refractivity contribution is -0.129. The molecule has 0 radical (unpaired) electrons. The predicted molar refractivity (Wildman–Crippen MR) is 98.1 cm³/mol. The Morgan fingerprint density at radius 1 is 1.16 bits per heavy atom. The number of rotatable bonds is 4. The monoisotopic (exact) mass is 342 g/mol. The maximum absolute atomic E-state index is 13.0. The summed E-state index contributed by atoms with van der Waals surface area (Å²) in [6.45, 7) is 5.09.